The normalized spacial score (nSPS) is 10.8. The zero-order valence-electron chi connectivity index (χ0n) is 15.7. The highest BCUT2D eigenvalue weighted by Gasteiger charge is 2.19. The van der Waals surface area contributed by atoms with Gasteiger partial charge in [-0.1, -0.05) is 22.0 Å². The molecule has 30 heavy (non-hydrogen) atoms. The number of nitrogens with one attached hydrogen (secondary N) is 1. The van der Waals surface area contributed by atoms with Crippen LogP contribution in [0.1, 0.15) is 6.42 Å². The minimum atomic E-state index is -0.458. The maximum Gasteiger partial charge on any atom is 0.311 e. The minimum Gasteiger partial charge on any atom is -0.487 e. The Bertz CT molecular complexity index is 1180. The summed E-state index contributed by atoms with van der Waals surface area (Å²) in [5.41, 5.74) is 1.22. The first-order valence-corrected chi connectivity index (χ1v) is 9.94. The van der Waals surface area contributed by atoms with E-state index in [-0.39, 0.29) is 11.4 Å². The van der Waals surface area contributed by atoms with Crippen molar-refractivity contribution < 1.29 is 9.66 Å². The Hall–Kier alpha value is -3.53. The van der Waals surface area contributed by atoms with Gasteiger partial charge in [0, 0.05) is 41.2 Å². The van der Waals surface area contributed by atoms with Gasteiger partial charge in [-0.2, -0.15) is 0 Å². The van der Waals surface area contributed by atoms with Crippen molar-refractivity contribution in [3.05, 3.63) is 76.0 Å². The Morgan fingerprint density at radius 2 is 2.13 bits per heavy atom. The first kappa shape index (κ1) is 19.8. The molecular weight excluding hydrogens is 452 g/mol. The molecule has 0 aliphatic heterocycles. The molecule has 0 aliphatic carbocycles. The fourth-order valence-electron chi connectivity index (χ4n) is 2.98. The summed E-state index contributed by atoms with van der Waals surface area (Å²) >= 11 is 3.42. The maximum atomic E-state index is 11.6. The zero-order valence-corrected chi connectivity index (χ0v) is 17.3. The Labute approximate surface area is 180 Å². The zero-order chi connectivity index (χ0) is 20.9. The molecule has 0 aliphatic rings. The van der Waals surface area contributed by atoms with Gasteiger partial charge in [0.1, 0.15) is 12.1 Å². The third-order valence-corrected chi connectivity index (χ3v) is 4.87. The lowest BCUT2D eigenvalue weighted by atomic mass is 10.2. The molecule has 0 atom stereocenters. The predicted molar refractivity (Wildman–Crippen MR) is 116 cm³/mol. The summed E-state index contributed by atoms with van der Waals surface area (Å²) in [6, 6.07) is 10.6. The lowest BCUT2D eigenvalue weighted by molar-refractivity contribution is -0.385. The topological polar surface area (TPSA) is 108 Å². The molecule has 9 nitrogen and oxygen atoms in total. The van der Waals surface area contributed by atoms with Crippen LogP contribution < -0.4 is 10.1 Å². The molecule has 2 heterocycles. The molecule has 0 amide bonds. The Morgan fingerprint density at radius 1 is 1.23 bits per heavy atom. The van der Waals surface area contributed by atoms with E-state index in [1.165, 1.54) is 12.4 Å². The van der Waals surface area contributed by atoms with E-state index in [0.717, 1.165) is 10.2 Å². The van der Waals surface area contributed by atoms with E-state index in [1.807, 2.05) is 35.0 Å². The molecule has 0 spiro atoms. The molecule has 0 saturated carbocycles. The van der Waals surface area contributed by atoms with Crippen molar-refractivity contribution in [3.8, 4) is 5.75 Å². The third kappa shape index (κ3) is 4.54. The average Bonchev–Trinajstić information content (AvgIpc) is 3.24. The number of halogens is 1. The van der Waals surface area contributed by atoms with E-state index in [2.05, 4.69) is 36.2 Å². The number of rotatable bonds is 8. The van der Waals surface area contributed by atoms with Crippen LogP contribution in [0.15, 0.2) is 65.9 Å². The number of nitrogens with zero attached hydrogens (tertiary/aromatic N) is 5. The van der Waals surface area contributed by atoms with E-state index in [0.29, 0.717) is 36.3 Å². The van der Waals surface area contributed by atoms with Gasteiger partial charge in [0.2, 0.25) is 0 Å². The van der Waals surface area contributed by atoms with E-state index >= 15 is 0 Å². The highest BCUT2D eigenvalue weighted by molar-refractivity contribution is 9.10. The van der Waals surface area contributed by atoms with Gasteiger partial charge >= 0.3 is 5.69 Å². The van der Waals surface area contributed by atoms with Gasteiger partial charge in [0.25, 0.3) is 0 Å². The Balaban J connectivity index is 1.59. The number of ether oxygens (including phenoxy) is 1. The van der Waals surface area contributed by atoms with Crippen molar-refractivity contribution in [2.24, 2.45) is 0 Å². The van der Waals surface area contributed by atoms with Crippen LogP contribution in [0.4, 0.5) is 17.2 Å². The molecule has 152 valence electrons. The van der Waals surface area contributed by atoms with Gasteiger partial charge in [0.15, 0.2) is 5.75 Å². The molecule has 0 bridgehead atoms. The summed E-state index contributed by atoms with van der Waals surface area (Å²) in [6.07, 6.45) is 7.38. The summed E-state index contributed by atoms with van der Waals surface area (Å²) in [7, 11) is 0. The van der Waals surface area contributed by atoms with Crippen LogP contribution in [-0.4, -0.2) is 31.0 Å². The molecule has 0 fully saturated rings. The van der Waals surface area contributed by atoms with Gasteiger partial charge in [0.05, 0.1) is 28.8 Å². The second-order valence-electron chi connectivity index (χ2n) is 6.45. The van der Waals surface area contributed by atoms with Gasteiger partial charge in [-0.3, -0.25) is 10.1 Å². The highest BCUT2D eigenvalue weighted by Crippen LogP contribution is 2.34. The van der Waals surface area contributed by atoms with Gasteiger partial charge in [-0.05, 0) is 24.6 Å². The molecule has 4 rings (SSSR count). The first-order chi connectivity index (χ1) is 14.6. The number of fused-ring (bicyclic) bond motifs is 1. The second-order valence-corrected chi connectivity index (χ2v) is 7.37. The summed E-state index contributed by atoms with van der Waals surface area (Å²) in [5.74, 6) is 0.665. The number of nitro groups is 1. The van der Waals surface area contributed by atoms with Crippen LogP contribution >= 0.6 is 15.9 Å². The van der Waals surface area contributed by atoms with Crippen LogP contribution in [0, 0.1) is 10.1 Å². The lowest BCUT2D eigenvalue weighted by Crippen LogP contribution is -2.05. The fraction of sp³-hybridized carbons (Fsp3) is 0.150. The van der Waals surface area contributed by atoms with Gasteiger partial charge < -0.3 is 14.6 Å². The lowest BCUT2D eigenvalue weighted by Gasteiger charge is -2.11. The monoisotopic (exact) mass is 468 g/mol. The predicted octanol–water partition coefficient (Wildman–Crippen LogP) is 4.71. The quantitative estimate of drug-likeness (QED) is 0.226. The number of imidazole rings is 1. The number of nitro benzene ring substituents is 1. The summed E-state index contributed by atoms with van der Waals surface area (Å²) in [4.78, 5) is 23.7. The van der Waals surface area contributed by atoms with E-state index < -0.39 is 4.92 Å². The molecule has 10 heteroatoms. The maximum absolute atomic E-state index is 11.6. The fourth-order valence-corrected chi connectivity index (χ4v) is 3.38. The number of hydrogen-bond donors (Lipinski definition) is 1. The number of benzene rings is 2. The Morgan fingerprint density at radius 3 is 2.90 bits per heavy atom. The van der Waals surface area contributed by atoms with Crippen LogP contribution in [-0.2, 0) is 6.54 Å². The SMILES string of the molecule is O=[N+]([O-])c1cc2c(Nc3cccc(Br)c3)ncnc2cc1OCCCn1ccnc1. The standard InChI is InChI=1S/C20H17BrN6O3/c21-14-3-1-4-15(9-14)25-20-16-10-18(27(28)29)19(11-17(16)23-12-24-20)30-8-2-6-26-7-5-22-13-26/h1,3-5,7,9-13H,2,6,8H2,(H,23,24,25). The van der Waals surface area contributed by atoms with E-state index in [4.69, 9.17) is 4.74 Å². The first-order valence-electron chi connectivity index (χ1n) is 9.14. The van der Waals surface area contributed by atoms with Crippen LogP contribution in [0.25, 0.3) is 10.9 Å². The molecule has 2 aromatic carbocycles. The second kappa shape index (κ2) is 8.87. The third-order valence-electron chi connectivity index (χ3n) is 4.38. The van der Waals surface area contributed by atoms with Crippen molar-refractivity contribution in [3.63, 3.8) is 0 Å². The minimum absolute atomic E-state index is 0.128. The van der Waals surface area contributed by atoms with E-state index in [1.54, 1.807) is 18.6 Å². The van der Waals surface area contributed by atoms with Gasteiger partial charge in [-0.15, -0.1) is 0 Å². The van der Waals surface area contributed by atoms with Crippen molar-refractivity contribution in [2.45, 2.75) is 13.0 Å². The average molecular weight is 469 g/mol. The molecular formula is C20H17BrN6O3. The smallest absolute Gasteiger partial charge is 0.311 e. The summed E-state index contributed by atoms with van der Waals surface area (Å²) < 4.78 is 8.54. The van der Waals surface area contributed by atoms with Crippen molar-refractivity contribution in [2.75, 3.05) is 11.9 Å². The molecule has 0 saturated heterocycles. The molecule has 2 aromatic heterocycles. The van der Waals surface area contributed by atoms with Crippen LogP contribution in [0.5, 0.6) is 5.75 Å². The van der Waals surface area contributed by atoms with Crippen molar-refractivity contribution in [1.29, 1.82) is 0 Å². The molecule has 4 aromatic rings. The molecule has 0 radical (unpaired) electrons. The van der Waals surface area contributed by atoms with E-state index in [9.17, 15) is 10.1 Å². The number of anilines is 2. The van der Waals surface area contributed by atoms with Crippen LogP contribution in [0.2, 0.25) is 0 Å². The number of hydrogen-bond acceptors (Lipinski definition) is 7. The number of aromatic nitrogens is 4. The highest BCUT2D eigenvalue weighted by atomic mass is 79.9. The van der Waals surface area contributed by atoms with Crippen molar-refractivity contribution in [1.82, 2.24) is 19.5 Å². The van der Waals surface area contributed by atoms with Gasteiger partial charge in [-0.25, -0.2) is 15.0 Å². The van der Waals surface area contributed by atoms with Crippen molar-refractivity contribution >= 4 is 44.0 Å². The Kier molecular flexibility index (Phi) is 5.84. The largest absolute Gasteiger partial charge is 0.487 e. The summed E-state index contributed by atoms with van der Waals surface area (Å²) in [5, 5.41) is 15.4. The molecule has 1 N–H and O–H groups in total. The van der Waals surface area contributed by atoms with Crippen LogP contribution in [0.3, 0.4) is 0 Å². The molecule has 0 unspecified atom stereocenters. The number of aryl methyl sites for hydroxylation is 1. The summed E-state index contributed by atoms with van der Waals surface area (Å²) in [6.45, 7) is 1.04.